The lowest BCUT2D eigenvalue weighted by atomic mass is 10.2. The first-order valence-electron chi connectivity index (χ1n) is 3.21. The topological polar surface area (TPSA) is 57.5 Å². The molecule has 0 aromatic rings. The quantitative estimate of drug-likeness (QED) is 0.588. The molecule has 0 rings (SSSR count). The van der Waals surface area contributed by atoms with Gasteiger partial charge in [-0.15, -0.1) is 0 Å². The summed E-state index contributed by atoms with van der Waals surface area (Å²) in [5.41, 5.74) is -0.500. The Hall–Kier alpha value is -0.570. The number of aliphatic hydroxyl groups is 1. The zero-order valence-electron chi connectivity index (χ0n) is 7.01. The SMILES string of the molecule is CC(C)(C)O.CCC(=O)O. The van der Waals surface area contributed by atoms with Crippen LogP contribution < -0.4 is 0 Å². The van der Waals surface area contributed by atoms with Crippen molar-refractivity contribution >= 4 is 5.97 Å². The summed E-state index contributed by atoms with van der Waals surface area (Å²) in [6.45, 7) is 6.83. The van der Waals surface area contributed by atoms with E-state index in [2.05, 4.69) is 0 Å². The van der Waals surface area contributed by atoms with Crippen LogP contribution in [0.5, 0.6) is 0 Å². The smallest absolute Gasteiger partial charge is 0.303 e. The summed E-state index contributed by atoms with van der Waals surface area (Å²) in [6.07, 6.45) is 0.222. The van der Waals surface area contributed by atoms with Gasteiger partial charge < -0.3 is 10.2 Å². The van der Waals surface area contributed by atoms with E-state index in [9.17, 15) is 4.79 Å². The van der Waals surface area contributed by atoms with E-state index in [1.807, 2.05) is 0 Å². The Morgan fingerprint density at radius 1 is 1.40 bits per heavy atom. The molecule has 3 heteroatoms. The zero-order valence-corrected chi connectivity index (χ0v) is 7.01. The number of hydrogen-bond acceptors (Lipinski definition) is 2. The lowest BCUT2D eigenvalue weighted by Crippen LogP contribution is -2.10. The van der Waals surface area contributed by atoms with E-state index in [1.165, 1.54) is 0 Å². The Bertz CT molecular complexity index is 85.5. The van der Waals surface area contributed by atoms with Crippen molar-refractivity contribution < 1.29 is 15.0 Å². The molecule has 62 valence electrons. The minimum absolute atomic E-state index is 0.222. The fourth-order valence-electron chi connectivity index (χ4n) is 0. The molecule has 0 heterocycles. The van der Waals surface area contributed by atoms with E-state index < -0.39 is 11.6 Å². The van der Waals surface area contributed by atoms with Crippen molar-refractivity contribution in [1.29, 1.82) is 0 Å². The standard InChI is InChI=1S/C4H10O.C3H6O2/c1-4(2,3)5;1-2-3(4)5/h5H,1-3H3;2H2,1H3,(H,4,5). The number of carboxylic acids is 1. The van der Waals surface area contributed by atoms with Gasteiger partial charge in [0, 0.05) is 6.42 Å². The highest BCUT2D eigenvalue weighted by Gasteiger charge is 1.97. The molecule has 0 saturated carbocycles. The fourth-order valence-corrected chi connectivity index (χ4v) is 0. The summed E-state index contributed by atoms with van der Waals surface area (Å²) in [5, 5.41) is 16.2. The lowest BCUT2D eigenvalue weighted by Gasteiger charge is -2.04. The fraction of sp³-hybridized carbons (Fsp3) is 0.857. The molecule has 0 amide bonds. The first kappa shape index (κ1) is 12.1. The Kier molecular flexibility index (Phi) is 6.35. The molecule has 0 aromatic carbocycles. The molecule has 10 heavy (non-hydrogen) atoms. The number of hydrogen-bond donors (Lipinski definition) is 2. The van der Waals surface area contributed by atoms with Gasteiger partial charge in [0.15, 0.2) is 0 Å². The van der Waals surface area contributed by atoms with Gasteiger partial charge in [-0.1, -0.05) is 6.92 Å². The van der Waals surface area contributed by atoms with Crippen LogP contribution >= 0.6 is 0 Å². The average Bonchev–Trinajstić information content (AvgIpc) is 1.61. The molecule has 0 bridgehead atoms. The molecule has 0 fully saturated rings. The van der Waals surface area contributed by atoms with Gasteiger partial charge in [0.25, 0.3) is 0 Å². The summed E-state index contributed by atoms with van der Waals surface area (Å²) < 4.78 is 0. The Balaban J connectivity index is 0. The summed E-state index contributed by atoms with van der Waals surface area (Å²) in [7, 11) is 0. The third kappa shape index (κ3) is 150. The van der Waals surface area contributed by atoms with Crippen molar-refractivity contribution in [2.24, 2.45) is 0 Å². The molecule has 0 radical (unpaired) electrons. The van der Waals surface area contributed by atoms with Crippen LogP contribution in [-0.4, -0.2) is 21.8 Å². The highest BCUT2D eigenvalue weighted by atomic mass is 16.4. The average molecular weight is 148 g/mol. The summed E-state index contributed by atoms with van der Waals surface area (Å²) in [4.78, 5) is 9.37. The van der Waals surface area contributed by atoms with Gasteiger partial charge in [-0.25, -0.2) is 0 Å². The summed E-state index contributed by atoms with van der Waals surface area (Å²) >= 11 is 0. The van der Waals surface area contributed by atoms with E-state index in [-0.39, 0.29) is 6.42 Å². The van der Waals surface area contributed by atoms with E-state index in [1.54, 1.807) is 27.7 Å². The van der Waals surface area contributed by atoms with Crippen LogP contribution in [0.4, 0.5) is 0 Å². The van der Waals surface area contributed by atoms with Crippen LogP contribution in [0.1, 0.15) is 34.1 Å². The van der Waals surface area contributed by atoms with Gasteiger partial charge in [0.2, 0.25) is 0 Å². The molecule has 0 aliphatic heterocycles. The van der Waals surface area contributed by atoms with Gasteiger partial charge in [0.05, 0.1) is 5.60 Å². The van der Waals surface area contributed by atoms with Crippen LogP contribution in [0.2, 0.25) is 0 Å². The molecule has 0 aliphatic rings. The first-order valence-corrected chi connectivity index (χ1v) is 3.21. The predicted molar refractivity (Wildman–Crippen MR) is 39.9 cm³/mol. The van der Waals surface area contributed by atoms with Crippen LogP contribution in [-0.2, 0) is 4.79 Å². The van der Waals surface area contributed by atoms with Crippen molar-refractivity contribution in [3.8, 4) is 0 Å². The second-order valence-electron chi connectivity index (χ2n) is 2.92. The van der Waals surface area contributed by atoms with Crippen LogP contribution in [0, 0.1) is 0 Å². The molecule has 0 aliphatic carbocycles. The largest absolute Gasteiger partial charge is 0.481 e. The molecule has 0 atom stereocenters. The predicted octanol–water partition coefficient (Wildman–Crippen LogP) is 1.26. The number of carbonyl (C=O) groups is 1. The lowest BCUT2D eigenvalue weighted by molar-refractivity contribution is -0.136. The van der Waals surface area contributed by atoms with Crippen LogP contribution in [0.25, 0.3) is 0 Å². The van der Waals surface area contributed by atoms with Gasteiger partial charge in [-0.3, -0.25) is 4.79 Å². The van der Waals surface area contributed by atoms with Crippen molar-refractivity contribution in [1.82, 2.24) is 0 Å². The van der Waals surface area contributed by atoms with Crippen molar-refractivity contribution in [2.45, 2.75) is 39.7 Å². The molecule has 0 spiro atoms. The number of rotatable bonds is 1. The monoisotopic (exact) mass is 148 g/mol. The normalized spacial score (nSPS) is 9.70. The van der Waals surface area contributed by atoms with Gasteiger partial charge in [0.1, 0.15) is 0 Å². The summed E-state index contributed by atoms with van der Waals surface area (Å²) in [6, 6.07) is 0. The molecule has 0 saturated heterocycles. The Morgan fingerprint density at radius 3 is 1.50 bits per heavy atom. The van der Waals surface area contributed by atoms with Gasteiger partial charge in [-0.05, 0) is 20.8 Å². The third-order valence-electron chi connectivity index (χ3n) is 0.302. The summed E-state index contributed by atoms with van der Waals surface area (Å²) in [5.74, 6) is -0.745. The van der Waals surface area contributed by atoms with Crippen LogP contribution in [0.3, 0.4) is 0 Å². The molecule has 3 nitrogen and oxygen atoms in total. The van der Waals surface area contributed by atoms with E-state index >= 15 is 0 Å². The van der Waals surface area contributed by atoms with E-state index in [0.29, 0.717) is 0 Å². The Morgan fingerprint density at radius 2 is 1.50 bits per heavy atom. The molecule has 2 N–H and O–H groups in total. The van der Waals surface area contributed by atoms with E-state index in [4.69, 9.17) is 10.2 Å². The minimum Gasteiger partial charge on any atom is -0.481 e. The minimum atomic E-state index is -0.745. The third-order valence-corrected chi connectivity index (χ3v) is 0.302. The van der Waals surface area contributed by atoms with Crippen LogP contribution in [0.15, 0.2) is 0 Å². The van der Waals surface area contributed by atoms with E-state index in [0.717, 1.165) is 0 Å². The Labute approximate surface area is 61.7 Å². The molecular formula is C7H16O3. The first-order chi connectivity index (χ1) is 4.27. The number of aliphatic carboxylic acids is 1. The number of carboxylic acid groups (broad SMARTS) is 1. The highest BCUT2D eigenvalue weighted by Crippen LogP contribution is 1.93. The molecule has 0 aromatic heterocycles. The molecular weight excluding hydrogens is 132 g/mol. The second-order valence-corrected chi connectivity index (χ2v) is 2.92. The highest BCUT2D eigenvalue weighted by molar-refractivity contribution is 5.66. The van der Waals surface area contributed by atoms with Crippen molar-refractivity contribution in [2.75, 3.05) is 0 Å². The van der Waals surface area contributed by atoms with Crippen molar-refractivity contribution in [3.05, 3.63) is 0 Å². The maximum Gasteiger partial charge on any atom is 0.303 e. The second kappa shape index (κ2) is 5.23. The zero-order chi connectivity index (χ0) is 8.78. The van der Waals surface area contributed by atoms with Gasteiger partial charge in [-0.2, -0.15) is 0 Å². The maximum absolute atomic E-state index is 9.37. The van der Waals surface area contributed by atoms with Gasteiger partial charge >= 0.3 is 5.97 Å². The van der Waals surface area contributed by atoms with Crippen molar-refractivity contribution in [3.63, 3.8) is 0 Å². The molecule has 0 unspecified atom stereocenters. The maximum atomic E-state index is 9.37.